The van der Waals surface area contributed by atoms with Crippen LogP contribution in [0.25, 0.3) is 55.0 Å². The highest BCUT2D eigenvalue weighted by Crippen LogP contribution is 2.34. The quantitative estimate of drug-likeness (QED) is 0.168. The van der Waals surface area contributed by atoms with Gasteiger partial charge in [0.2, 0.25) is 0 Å². The third kappa shape index (κ3) is 4.02. The zero-order valence-corrected chi connectivity index (χ0v) is 23.2. The molecular formula is C26H18Br2N8O2. The van der Waals surface area contributed by atoms with Crippen LogP contribution in [0.5, 0.6) is 0 Å². The molecule has 0 aliphatic carbocycles. The molecule has 7 rings (SSSR count). The van der Waals surface area contributed by atoms with Gasteiger partial charge in [-0.15, -0.1) is 0 Å². The van der Waals surface area contributed by atoms with Gasteiger partial charge in [0.05, 0.1) is 38.6 Å². The van der Waals surface area contributed by atoms with Crippen LogP contribution in [0.4, 0.5) is 5.69 Å². The highest BCUT2D eigenvalue weighted by molar-refractivity contribution is 9.10. The van der Waals surface area contributed by atoms with Gasteiger partial charge in [-0.05, 0) is 50.1 Å². The summed E-state index contributed by atoms with van der Waals surface area (Å²) in [6, 6.07) is 13.1. The maximum atomic E-state index is 11.2. The van der Waals surface area contributed by atoms with Crippen molar-refractivity contribution >= 4 is 81.3 Å². The average Bonchev–Trinajstić information content (AvgIpc) is 3.58. The second-order valence-electron chi connectivity index (χ2n) is 8.65. The lowest BCUT2D eigenvalue weighted by Crippen LogP contribution is -1.97. The molecule has 0 saturated carbocycles. The molecule has 0 amide bonds. The number of hydrogen-bond donors (Lipinski definition) is 1. The Labute approximate surface area is 231 Å². The first kappa shape index (κ1) is 24.2. The summed E-state index contributed by atoms with van der Waals surface area (Å²) in [5.74, 6) is 0. The van der Waals surface area contributed by atoms with E-state index in [0.717, 1.165) is 42.8 Å². The van der Waals surface area contributed by atoms with E-state index in [9.17, 15) is 10.1 Å². The molecule has 0 atom stereocenters. The van der Waals surface area contributed by atoms with Crippen LogP contribution in [0, 0.1) is 10.1 Å². The van der Waals surface area contributed by atoms with Gasteiger partial charge < -0.3 is 5.10 Å². The van der Waals surface area contributed by atoms with Gasteiger partial charge >= 0.3 is 0 Å². The van der Waals surface area contributed by atoms with Gasteiger partial charge in [-0.3, -0.25) is 24.5 Å². The molecule has 5 heterocycles. The van der Waals surface area contributed by atoms with Crippen LogP contribution in [0.3, 0.4) is 0 Å². The maximum Gasteiger partial charge on any atom is 0.296 e. The van der Waals surface area contributed by atoms with Gasteiger partial charge in [0.15, 0.2) is 0 Å². The summed E-state index contributed by atoms with van der Waals surface area (Å²) in [5, 5.41) is 21.8. The Hall–Kier alpha value is -4.16. The van der Waals surface area contributed by atoms with Crippen molar-refractivity contribution in [1.82, 2.24) is 34.5 Å². The van der Waals surface area contributed by atoms with Crippen LogP contribution in [-0.2, 0) is 14.1 Å². The number of pyridine rings is 2. The van der Waals surface area contributed by atoms with E-state index in [1.165, 1.54) is 11.5 Å². The molecule has 5 aromatic heterocycles. The Morgan fingerprint density at radius 2 is 1.71 bits per heavy atom. The largest absolute Gasteiger partial charge is 0.305 e. The van der Waals surface area contributed by atoms with Crippen molar-refractivity contribution in [2.75, 3.05) is 0 Å². The van der Waals surface area contributed by atoms with Gasteiger partial charge in [-0.2, -0.15) is 5.10 Å². The average molecular weight is 634 g/mol. The minimum Gasteiger partial charge on any atom is -0.305 e. The standard InChI is InChI=1S/C13H9BrN4O2.C13H9BrN4/c1-17-13-8(6-16-17)3-2-4-10(13)12-11(18(19)20)5-9(14)7-15-12;1-18-13-7(5-16-18)2-3-9-11(13)12-10(17-9)4-8(14)6-15-12/h2-7H,1H3;2-6,16H,1H3. The number of fused-ring (bicyclic) bond motifs is 6. The lowest BCUT2D eigenvalue weighted by molar-refractivity contribution is -0.384. The van der Waals surface area contributed by atoms with E-state index in [0.29, 0.717) is 15.7 Å². The van der Waals surface area contributed by atoms with Crippen molar-refractivity contribution in [3.63, 3.8) is 0 Å². The molecule has 0 bridgehead atoms. The molecule has 10 nitrogen and oxygen atoms in total. The minimum absolute atomic E-state index is 0.0342. The summed E-state index contributed by atoms with van der Waals surface area (Å²) >= 11 is 6.64. The fourth-order valence-electron chi connectivity index (χ4n) is 4.67. The van der Waals surface area contributed by atoms with Gasteiger partial charge in [0.25, 0.3) is 5.69 Å². The zero-order chi connectivity index (χ0) is 26.6. The number of hydrogen-bond acceptors (Lipinski definition) is 6. The van der Waals surface area contributed by atoms with Crippen molar-refractivity contribution in [2.45, 2.75) is 0 Å². The molecule has 0 aliphatic rings. The second-order valence-corrected chi connectivity index (χ2v) is 10.5. The zero-order valence-electron chi connectivity index (χ0n) is 20.1. The summed E-state index contributed by atoms with van der Waals surface area (Å²) in [4.78, 5) is 24.1. The van der Waals surface area contributed by atoms with E-state index in [1.807, 2.05) is 54.5 Å². The molecule has 188 valence electrons. The number of halogens is 2. The van der Waals surface area contributed by atoms with E-state index >= 15 is 0 Å². The number of H-pyrrole nitrogens is 1. The number of nitrogens with one attached hydrogen (secondary N) is 1. The Bertz CT molecular complexity index is 2030. The summed E-state index contributed by atoms with van der Waals surface area (Å²) in [5.41, 5.74) is 5.83. The Kier molecular flexibility index (Phi) is 5.92. The number of aromatic amines is 1. The monoisotopic (exact) mass is 632 g/mol. The molecule has 12 heteroatoms. The molecule has 38 heavy (non-hydrogen) atoms. The first-order valence-corrected chi connectivity index (χ1v) is 13.0. The number of nitrogens with zero attached hydrogens (tertiary/aromatic N) is 7. The molecular weight excluding hydrogens is 616 g/mol. The maximum absolute atomic E-state index is 11.2. The van der Waals surface area contributed by atoms with Crippen LogP contribution >= 0.6 is 31.9 Å². The smallest absolute Gasteiger partial charge is 0.296 e. The molecule has 0 aliphatic heterocycles. The first-order chi connectivity index (χ1) is 18.3. The van der Waals surface area contributed by atoms with Crippen LogP contribution in [-0.4, -0.2) is 39.4 Å². The van der Waals surface area contributed by atoms with E-state index < -0.39 is 4.92 Å². The molecule has 1 N–H and O–H groups in total. The Morgan fingerprint density at radius 3 is 2.53 bits per heavy atom. The van der Waals surface area contributed by atoms with Crippen LogP contribution in [0.15, 0.2) is 76.2 Å². The lowest BCUT2D eigenvalue weighted by atomic mass is 10.1. The summed E-state index contributed by atoms with van der Waals surface area (Å²) < 4.78 is 5.22. The Morgan fingerprint density at radius 1 is 0.921 bits per heavy atom. The van der Waals surface area contributed by atoms with Crippen molar-refractivity contribution in [1.29, 1.82) is 0 Å². The van der Waals surface area contributed by atoms with Crippen molar-refractivity contribution in [3.8, 4) is 11.3 Å². The lowest BCUT2D eigenvalue weighted by Gasteiger charge is -2.06. The van der Waals surface area contributed by atoms with Crippen molar-refractivity contribution in [2.24, 2.45) is 14.1 Å². The fourth-order valence-corrected chi connectivity index (χ4v) is 5.31. The number of para-hydroxylation sites is 1. The fraction of sp³-hybridized carbons (Fsp3) is 0.0769. The second kappa shape index (κ2) is 9.30. The molecule has 0 spiro atoms. The van der Waals surface area contributed by atoms with E-state index in [-0.39, 0.29) is 5.69 Å². The minimum atomic E-state index is -0.428. The highest BCUT2D eigenvalue weighted by Gasteiger charge is 2.20. The number of nitro groups is 1. The van der Waals surface area contributed by atoms with Crippen molar-refractivity contribution < 1.29 is 4.92 Å². The molecule has 0 fully saturated rings. The van der Waals surface area contributed by atoms with Gasteiger partial charge in [-0.1, -0.05) is 18.2 Å². The van der Waals surface area contributed by atoms with Gasteiger partial charge in [-0.25, -0.2) is 9.97 Å². The van der Waals surface area contributed by atoms with E-state index in [2.05, 4.69) is 63.1 Å². The Balaban J connectivity index is 0.000000140. The van der Waals surface area contributed by atoms with Crippen LogP contribution < -0.4 is 0 Å². The predicted molar refractivity (Wildman–Crippen MR) is 154 cm³/mol. The molecule has 2 aromatic carbocycles. The first-order valence-electron chi connectivity index (χ1n) is 11.4. The van der Waals surface area contributed by atoms with Crippen LogP contribution in [0.1, 0.15) is 0 Å². The topological polar surface area (TPSA) is 120 Å². The van der Waals surface area contributed by atoms with E-state index in [1.54, 1.807) is 24.1 Å². The third-order valence-electron chi connectivity index (χ3n) is 6.30. The van der Waals surface area contributed by atoms with Gasteiger partial charge in [0, 0.05) is 64.0 Å². The summed E-state index contributed by atoms with van der Waals surface area (Å²) in [6.07, 6.45) is 7.09. The van der Waals surface area contributed by atoms with Crippen molar-refractivity contribution in [3.05, 3.63) is 86.3 Å². The highest BCUT2D eigenvalue weighted by atomic mass is 79.9. The molecule has 7 aromatic rings. The SMILES string of the molecule is Cn1[nH]cc2ccc3nc4cc(Br)cnc4c3c21.Cn1ncc2cccc(-c3ncc(Br)cc3[N+](=O)[O-])c21. The number of rotatable bonds is 2. The molecule has 0 radical (unpaired) electrons. The van der Waals surface area contributed by atoms with Crippen LogP contribution in [0.2, 0.25) is 0 Å². The predicted octanol–water partition coefficient (Wildman–Crippen LogP) is 6.67. The molecule has 0 saturated heterocycles. The summed E-state index contributed by atoms with van der Waals surface area (Å²) in [6.45, 7) is 0. The third-order valence-corrected chi connectivity index (χ3v) is 7.16. The molecule has 0 unspecified atom stereocenters. The van der Waals surface area contributed by atoms with Gasteiger partial charge in [0.1, 0.15) is 11.2 Å². The normalized spacial score (nSPS) is 11.4. The number of aryl methyl sites for hydroxylation is 2. The summed E-state index contributed by atoms with van der Waals surface area (Å²) in [7, 11) is 3.80. The number of aromatic nitrogens is 7. The number of benzene rings is 2. The van der Waals surface area contributed by atoms with E-state index in [4.69, 9.17) is 0 Å².